The number of hydrogen-bond acceptors (Lipinski definition) is 1. The number of aldehydes is 1. The molecule has 0 fully saturated rings. The van der Waals surface area contributed by atoms with E-state index in [1.165, 1.54) is 0 Å². The van der Waals surface area contributed by atoms with E-state index in [1.807, 2.05) is 0 Å². The minimum Gasteiger partial charge on any atom is -0.298 e. The fourth-order valence-corrected chi connectivity index (χ4v) is 1.00. The predicted molar refractivity (Wildman–Crippen MR) is 41.6 cm³/mol. The molecule has 0 radical (unpaired) electrons. The second kappa shape index (κ2) is 3.77. The molecule has 1 nitrogen and oxygen atoms in total. The molecule has 0 atom stereocenters. The topological polar surface area (TPSA) is 17.1 Å². The van der Waals surface area contributed by atoms with Gasteiger partial charge in [0.2, 0.25) is 0 Å². The van der Waals surface area contributed by atoms with Gasteiger partial charge < -0.3 is 0 Å². The highest BCUT2D eigenvalue weighted by Gasteiger charge is 2.30. The maximum atomic E-state index is 12.2. The van der Waals surface area contributed by atoms with E-state index in [-0.39, 0.29) is 17.4 Å². The Kier molecular flexibility index (Phi) is 2.88. The van der Waals surface area contributed by atoms with Gasteiger partial charge in [0, 0.05) is 5.56 Å². The minimum atomic E-state index is -4.51. The Hall–Kier alpha value is -1.39. The molecule has 0 saturated heterocycles. The molecule has 0 N–H and O–H groups in total. The number of halogens is 4. The largest absolute Gasteiger partial charge is 0.416 e. The van der Waals surface area contributed by atoms with Crippen LogP contribution in [0.15, 0.2) is 18.2 Å². The van der Waals surface area contributed by atoms with Crippen molar-refractivity contribution < 1.29 is 22.4 Å². The molecule has 0 unspecified atom stereocenters. The van der Waals surface area contributed by atoms with E-state index >= 15 is 0 Å². The Morgan fingerprint density at radius 2 is 1.93 bits per heavy atom. The Labute approximate surface area is 77.3 Å². The van der Waals surface area contributed by atoms with Gasteiger partial charge >= 0.3 is 6.18 Å². The van der Waals surface area contributed by atoms with Crippen LogP contribution in [0.2, 0.25) is 0 Å². The van der Waals surface area contributed by atoms with Gasteiger partial charge in [-0.15, -0.1) is 0 Å². The first-order valence-electron chi connectivity index (χ1n) is 3.70. The molecule has 76 valence electrons. The van der Waals surface area contributed by atoms with Gasteiger partial charge in [-0.05, 0) is 17.7 Å². The lowest BCUT2D eigenvalue weighted by atomic mass is 10.1. The molecule has 1 rings (SSSR count). The zero-order chi connectivity index (χ0) is 10.8. The van der Waals surface area contributed by atoms with Crippen LogP contribution in [0.25, 0.3) is 0 Å². The van der Waals surface area contributed by atoms with Crippen LogP contribution in [-0.2, 0) is 12.9 Å². The highest BCUT2D eigenvalue weighted by molar-refractivity contribution is 5.77. The maximum Gasteiger partial charge on any atom is 0.416 e. The summed E-state index contributed by atoms with van der Waals surface area (Å²) in [6, 6.07) is 2.36. The van der Waals surface area contributed by atoms with Crippen LogP contribution < -0.4 is 0 Å². The van der Waals surface area contributed by atoms with Crippen LogP contribution in [0, 0.1) is 0 Å². The number of hydrogen-bond donors (Lipinski definition) is 0. The molecular formula is C9H6F4O. The highest BCUT2D eigenvalue weighted by Crippen LogP contribution is 2.30. The average molecular weight is 206 g/mol. The van der Waals surface area contributed by atoms with E-state index in [4.69, 9.17) is 0 Å². The van der Waals surface area contributed by atoms with E-state index in [9.17, 15) is 22.4 Å². The average Bonchev–Trinajstić information content (AvgIpc) is 2.15. The molecule has 0 aromatic heterocycles. The first kappa shape index (κ1) is 10.7. The summed E-state index contributed by atoms with van der Waals surface area (Å²) in [4.78, 5) is 10.3. The monoisotopic (exact) mass is 206 g/mol. The van der Waals surface area contributed by atoms with Crippen LogP contribution in [-0.4, -0.2) is 6.29 Å². The van der Waals surface area contributed by atoms with Crippen LogP contribution in [0.4, 0.5) is 17.6 Å². The van der Waals surface area contributed by atoms with Gasteiger partial charge in [-0.3, -0.25) is 4.79 Å². The van der Waals surface area contributed by atoms with E-state index in [0.29, 0.717) is 6.07 Å². The second-order valence-electron chi connectivity index (χ2n) is 2.66. The molecule has 1 aromatic carbocycles. The lowest BCUT2D eigenvalue weighted by molar-refractivity contribution is -0.137. The summed E-state index contributed by atoms with van der Waals surface area (Å²) in [5.41, 5.74) is -1.24. The molecule has 0 aliphatic rings. The standard InChI is InChI=1S/C9H6F4O/c10-4-6-1-2-8(9(11,12)13)3-7(6)5-14/h1-3,5H,4H2. The summed E-state index contributed by atoms with van der Waals surface area (Å²) in [5, 5.41) is 0. The third-order valence-electron chi connectivity index (χ3n) is 1.74. The normalized spacial score (nSPS) is 11.4. The van der Waals surface area contributed by atoms with E-state index in [2.05, 4.69) is 0 Å². The first-order valence-corrected chi connectivity index (χ1v) is 3.70. The van der Waals surface area contributed by atoms with Crippen molar-refractivity contribution in [1.29, 1.82) is 0 Å². The number of benzene rings is 1. The Balaban J connectivity index is 3.21. The quantitative estimate of drug-likeness (QED) is 0.537. The van der Waals surface area contributed by atoms with Crippen molar-refractivity contribution in [2.75, 3.05) is 0 Å². The molecule has 0 amide bonds. The van der Waals surface area contributed by atoms with Crippen LogP contribution >= 0.6 is 0 Å². The van der Waals surface area contributed by atoms with Crippen LogP contribution in [0.1, 0.15) is 21.5 Å². The zero-order valence-electron chi connectivity index (χ0n) is 6.94. The van der Waals surface area contributed by atoms with Gasteiger partial charge in [0.15, 0.2) is 0 Å². The Morgan fingerprint density at radius 3 is 2.36 bits per heavy atom. The predicted octanol–water partition coefficient (Wildman–Crippen LogP) is 2.99. The van der Waals surface area contributed by atoms with Gasteiger partial charge in [0.1, 0.15) is 13.0 Å². The number of carbonyl (C=O) groups excluding carboxylic acids is 1. The number of carbonyl (C=O) groups is 1. The van der Waals surface area contributed by atoms with Crippen molar-refractivity contribution >= 4 is 6.29 Å². The van der Waals surface area contributed by atoms with E-state index < -0.39 is 18.4 Å². The smallest absolute Gasteiger partial charge is 0.298 e. The molecule has 0 heterocycles. The van der Waals surface area contributed by atoms with Crippen LogP contribution in [0.3, 0.4) is 0 Å². The Bertz CT molecular complexity index is 343. The summed E-state index contributed by atoms with van der Waals surface area (Å²) >= 11 is 0. The molecule has 0 aliphatic heterocycles. The SMILES string of the molecule is O=Cc1cc(C(F)(F)F)ccc1CF. The minimum absolute atomic E-state index is 0.0343. The van der Waals surface area contributed by atoms with Gasteiger partial charge in [-0.1, -0.05) is 6.07 Å². The fraction of sp³-hybridized carbons (Fsp3) is 0.222. The van der Waals surface area contributed by atoms with Crippen molar-refractivity contribution in [3.8, 4) is 0 Å². The van der Waals surface area contributed by atoms with Gasteiger partial charge in [0.05, 0.1) is 5.56 Å². The van der Waals surface area contributed by atoms with Crippen molar-refractivity contribution in [2.24, 2.45) is 0 Å². The van der Waals surface area contributed by atoms with Gasteiger partial charge in [0.25, 0.3) is 0 Å². The first-order chi connectivity index (χ1) is 6.49. The van der Waals surface area contributed by atoms with Crippen molar-refractivity contribution in [3.05, 3.63) is 34.9 Å². The molecule has 0 aliphatic carbocycles. The molecule has 0 saturated carbocycles. The molecule has 0 spiro atoms. The molecule has 14 heavy (non-hydrogen) atoms. The van der Waals surface area contributed by atoms with Crippen molar-refractivity contribution in [1.82, 2.24) is 0 Å². The third kappa shape index (κ3) is 2.10. The summed E-state index contributed by atoms with van der Waals surface area (Å²) in [5.74, 6) is 0. The molecule has 0 bridgehead atoms. The van der Waals surface area contributed by atoms with Gasteiger partial charge in [-0.2, -0.15) is 13.2 Å². The fourth-order valence-electron chi connectivity index (χ4n) is 1.00. The van der Waals surface area contributed by atoms with Crippen molar-refractivity contribution in [2.45, 2.75) is 12.9 Å². The molecule has 5 heteroatoms. The van der Waals surface area contributed by atoms with Crippen molar-refractivity contribution in [3.63, 3.8) is 0 Å². The van der Waals surface area contributed by atoms with Gasteiger partial charge in [-0.25, -0.2) is 4.39 Å². The van der Waals surface area contributed by atoms with E-state index in [1.54, 1.807) is 0 Å². The molecular weight excluding hydrogens is 200 g/mol. The Morgan fingerprint density at radius 1 is 1.29 bits per heavy atom. The summed E-state index contributed by atoms with van der Waals surface area (Å²) < 4.78 is 48.6. The lowest BCUT2D eigenvalue weighted by Crippen LogP contribution is -2.06. The van der Waals surface area contributed by atoms with Crippen LogP contribution in [0.5, 0.6) is 0 Å². The number of rotatable bonds is 2. The summed E-state index contributed by atoms with van der Waals surface area (Å²) in [6.07, 6.45) is -4.29. The second-order valence-corrected chi connectivity index (χ2v) is 2.66. The number of alkyl halides is 4. The zero-order valence-corrected chi connectivity index (χ0v) is 6.94. The third-order valence-corrected chi connectivity index (χ3v) is 1.74. The summed E-state index contributed by atoms with van der Waals surface area (Å²) in [6.45, 7) is -0.952. The summed E-state index contributed by atoms with van der Waals surface area (Å²) in [7, 11) is 0. The molecule has 1 aromatic rings. The maximum absolute atomic E-state index is 12.2. The lowest BCUT2D eigenvalue weighted by Gasteiger charge is -2.08. The van der Waals surface area contributed by atoms with E-state index in [0.717, 1.165) is 12.1 Å². The highest BCUT2D eigenvalue weighted by atomic mass is 19.4.